The molecular weight excluding hydrogens is 354 g/mol. The first-order chi connectivity index (χ1) is 12.6. The summed E-state index contributed by atoms with van der Waals surface area (Å²) in [6, 6.07) is 0. The van der Waals surface area contributed by atoms with Crippen molar-refractivity contribution in [3.8, 4) is 0 Å². The van der Waals surface area contributed by atoms with Gasteiger partial charge in [-0.05, 0) is 56.3 Å². The lowest BCUT2D eigenvalue weighted by molar-refractivity contribution is -0.125. The number of aliphatic hydroxyl groups is 2. The molecule has 0 saturated heterocycles. The number of hydrogen-bond donors (Lipinski definition) is 3. The monoisotopic (exact) mass is 405 g/mol. The highest BCUT2D eigenvalue weighted by molar-refractivity contribution is 5.77. The summed E-state index contributed by atoms with van der Waals surface area (Å²) >= 11 is 0. The van der Waals surface area contributed by atoms with Gasteiger partial charge in [0.2, 0.25) is 5.91 Å². The van der Waals surface area contributed by atoms with Crippen molar-refractivity contribution in [2.75, 3.05) is 26.9 Å². The molecule has 0 rings (SSSR count). The lowest BCUT2D eigenvalue weighted by Gasteiger charge is -2.38. The van der Waals surface area contributed by atoms with Crippen molar-refractivity contribution in [1.29, 1.82) is 0 Å². The maximum atomic E-state index is 11.1. The maximum Gasteiger partial charge on any atom is 0.246 e. The summed E-state index contributed by atoms with van der Waals surface area (Å²) < 4.78 is 4.85. The molecule has 0 aromatic rings. The quantitative estimate of drug-likeness (QED) is 0.494. The van der Waals surface area contributed by atoms with Gasteiger partial charge in [0.25, 0.3) is 0 Å². The topological polar surface area (TPSA) is 78.8 Å². The third-order valence-electron chi connectivity index (χ3n) is 4.69. The van der Waals surface area contributed by atoms with Gasteiger partial charge in [0.1, 0.15) is 6.61 Å². The summed E-state index contributed by atoms with van der Waals surface area (Å²) in [7, 11) is 1.74. The second-order valence-corrected chi connectivity index (χ2v) is 9.99. The third-order valence-corrected chi connectivity index (χ3v) is 4.69. The molecule has 0 bridgehead atoms. The predicted octanol–water partition coefficient (Wildman–Crippen LogP) is 4.65. The Morgan fingerprint density at radius 1 is 0.929 bits per heavy atom. The Morgan fingerprint density at radius 2 is 1.39 bits per heavy atom. The Bertz CT molecular complexity index is 364. The van der Waals surface area contributed by atoms with Gasteiger partial charge >= 0.3 is 0 Å². The van der Waals surface area contributed by atoms with Gasteiger partial charge < -0.3 is 20.3 Å². The van der Waals surface area contributed by atoms with E-state index in [-0.39, 0.29) is 16.9 Å². The van der Waals surface area contributed by atoms with Crippen LogP contribution in [0.3, 0.4) is 0 Å². The van der Waals surface area contributed by atoms with Gasteiger partial charge in [-0.1, -0.05) is 55.4 Å². The standard InChI is InChI=1S/C12H25NO2.C6H14O.C5H12O/c1-9(2)11(3,4)8-12(5,6)13-10(15)7-14;1-6(2)4-5-7-3;1-5(2)3-4-6/h9,14H,7-8H2,1-6H3,(H,13,15);6H,4-5H2,1-3H3;5-6H,3-4H2,1-2H3. The Hall–Kier alpha value is -0.650. The van der Waals surface area contributed by atoms with Crippen LogP contribution in [0.25, 0.3) is 0 Å². The highest BCUT2D eigenvalue weighted by Gasteiger charge is 2.31. The summed E-state index contributed by atoms with van der Waals surface area (Å²) in [5.41, 5.74) is -0.0974. The highest BCUT2D eigenvalue weighted by Crippen LogP contribution is 2.34. The van der Waals surface area contributed by atoms with Crippen molar-refractivity contribution in [3.05, 3.63) is 0 Å². The number of hydrogen-bond acceptors (Lipinski definition) is 4. The second-order valence-electron chi connectivity index (χ2n) is 9.99. The minimum atomic E-state index is -0.439. The average molecular weight is 406 g/mol. The minimum Gasteiger partial charge on any atom is -0.396 e. The fraction of sp³-hybridized carbons (Fsp3) is 0.957. The van der Waals surface area contributed by atoms with Crippen molar-refractivity contribution >= 4 is 5.91 Å². The van der Waals surface area contributed by atoms with Gasteiger partial charge in [0, 0.05) is 25.9 Å². The first kappa shape index (κ1) is 32.0. The molecule has 172 valence electrons. The SMILES string of the molecule is CC(C)C(C)(C)CC(C)(C)NC(=O)CO.CC(C)CCO.COCCC(C)C. The number of rotatable bonds is 10. The number of nitrogens with one attached hydrogen (secondary N) is 1. The number of methoxy groups -OCH3 is 1. The van der Waals surface area contributed by atoms with Crippen molar-refractivity contribution in [2.24, 2.45) is 23.2 Å². The van der Waals surface area contributed by atoms with E-state index in [1.807, 2.05) is 13.8 Å². The molecule has 0 unspecified atom stereocenters. The molecule has 0 heterocycles. The molecule has 0 aliphatic rings. The first-order valence-corrected chi connectivity index (χ1v) is 10.7. The zero-order valence-electron chi connectivity index (χ0n) is 20.7. The van der Waals surface area contributed by atoms with Gasteiger partial charge in [-0.15, -0.1) is 0 Å². The third kappa shape index (κ3) is 23.4. The Balaban J connectivity index is -0.000000397. The van der Waals surface area contributed by atoms with E-state index < -0.39 is 6.61 Å². The van der Waals surface area contributed by atoms with Gasteiger partial charge in [-0.2, -0.15) is 0 Å². The van der Waals surface area contributed by atoms with E-state index >= 15 is 0 Å². The second kappa shape index (κ2) is 17.2. The van der Waals surface area contributed by atoms with Gasteiger partial charge in [0.05, 0.1) is 0 Å². The molecular formula is C23H51NO4. The van der Waals surface area contributed by atoms with Crippen molar-refractivity contribution in [1.82, 2.24) is 5.32 Å². The van der Waals surface area contributed by atoms with Crippen LogP contribution in [0, 0.1) is 23.2 Å². The van der Waals surface area contributed by atoms with E-state index in [9.17, 15) is 4.79 Å². The van der Waals surface area contributed by atoms with E-state index in [0.717, 1.165) is 25.4 Å². The Morgan fingerprint density at radius 3 is 1.61 bits per heavy atom. The molecule has 0 atom stereocenters. The fourth-order valence-corrected chi connectivity index (χ4v) is 2.42. The van der Waals surface area contributed by atoms with Crippen molar-refractivity contribution in [2.45, 2.75) is 94.0 Å². The van der Waals surface area contributed by atoms with Crippen LogP contribution in [0.4, 0.5) is 0 Å². The Labute approximate surface area is 175 Å². The van der Waals surface area contributed by atoms with E-state index in [2.05, 4.69) is 60.7 Å². The van der Waals surface area contributed by atoms with Crippen LogP contribution in [-0.4, -0.2) is 48.6 Å². The van der Waals surface area contributed by atoms with Gasteiger partial charge in [-0.25, -0.2) is 0 Å². The van der Waals surface area contributed by atoms with E-state index in [0.29, 0.717) is 18.4 Å². The van der Waals surface area contributed by atoms with E-state index in [4.69, 9.17) is 14.9 Å². The predicted molar refractivity (Wildman–Crippen MR) is 120 cm³/mol. The van der Waals surface area contributed by atoms with Crippen LogP contribution in [0.1, 0.15) is 88.5 Å². The lowest BCUT2D eigenvalue weighted by atomic mass is 9.72. The zero-order valence-corrected chi connectivity index (χ0v) is 20.7. The van der Waals surface area contributed by atoms with Crippen LogP contribution in [0.2, 0.25) is 0 Å². The van der Waals surface area contributed by atoms with Gasteiger partial charge in [0.15, 0.2) is 0 Å². The number of aliphatic hydroxyl groups excluding tert-OH is 2. The molecule has 28 heavy (non-hydrogen) atoms. The molecule has 0 radical (unpaired) electrons. The molecule has 1 amide bonds. The molecule has 0 aliphatic heterocycles. The Kier molecular flexibility index (Phi) is 19.7. The largest absolute Gasteiger partial charge is 0.396 e. The number of ether oxygens (including phenoxy) is 1. The molecule has 0 saturated carbocycles. The van der Waals surface area contributed by atoms with Crippen LogP contribution >= 0.6 is 0 Å². The minimum absolute atomic E-state index is 0.173. The highest BCUT2D eigenvalue weighted by atomic mass is 16.5. The van der Waals surface area contributed by atoms with Crippen LogP contribution in [0.5, 0.6) is 0 Å². The maximum absolute atomic E-state index is 11.1. The summed E-state index contributed by atoms with van der Waals surface area (Å²) in [5.74, 6) is 1.68. The molecule has 5 nitrogen and oxygen atoms in total. The summed E-state index contributed by atoms with van der Waals surface area (Å²) in [6.07, 6.45) is 3.00. The van der Waals surface area contributed by atoms with Crippen LogP contribution in [0.15, 0.2) is 0 Å². The average Bonchev–Trinajstić information content (AvgIpc) is 2.52. The summed E-state index contributed by atoms with van der Waals surface area (Å²) in [5, 5.41) is 19.8. The lowest BCUT2D eigenvalue weighted by Crippen LogP contribution is -2.48. The molecule has 0 spiro atoms. The number of carbonyl (C=O) groups excluding carboxylic acids is 1. The molecule has 0 aromatic carbocycles. The van der Waals surface area contributed by atoms with Gasteiger partial charge in [-0.3, -0.25) is 4.79 Å². The first-order valence-electron chi connectivity index (χ1n) is 10.7. The molecule has 0 fully saturated rings. The van der Waals surface area contributed by atoms with E-state index in [1.54, 1.807) is 7.11 Å². The number of amides is 1. The van der Waals surface area contributed by atoms with E-state index in [1.165, 1.54) is 6.42 Å². The normalized spacial score (nSPS) is 11.7. The summed E-state index contributed by atoms with van der Waals surface area (Å²) in [6.45, 7) is 22.1. The van der Waals surface area contributed by atoms with Crippen molar-refractivity contribution in [3.63, 3.8) is 0 Å². The molecule has 3 N–H and O–H groups in total. The number of carbonyl (C=O) groups is 1. The van der Waals surface area contributed by atoms with Crippen LogP contribution in [-0.2, 0) is 9.53 Å². The summed E-state index contributed by atoms with van der Waals surface area (Å²) in [4.78, 5) is 11.1. The zero-order chi connectivity index (χ0) is 23.0. The molecule has 5 heteroatoms. The fourth-order valence-electron chi connectivity index (χ4n) is 2.42. The molecule has 0 aliphatic carbocycles. The van der Waals surface area contributed by atoms with Crippen LogP contribution < -0.4 is 5.32 Å². The smallest absolute Gasteiger partial charge is 0.246 e. The van der Waals surface area contributed by atoms with Crippen molar-refractivity contribution < 1.29 is 19.7 Å². The molecule has 0 aromatic heterocycles.